The molecule has 1 unspecified atom stereocenters. The van der Waals surface area contributed by atoms with Crippen LogP contribution < -0.4 is 11.2 Å². The molecule has 4 rings (SSSR count). The number of rotatable bonds is 12. The second-order valence-corrected chi connectivity index (χ2v) is 11.8. The van der Waals surface area contributed by atoms with Crippen LogP contribution in [-0.4, -0.2) is 75.8 Å². The Hall–Kier alpha value is -2.77. The van der Waals surface area contributed by atoms with E-state index in [9.17, 15) is 33.2 Å². The summed E-state index contributed by atoms with van der Waals surface area (Å²) >= 11 is 5.75. The number of ether oxygens (including phenoxy) is 1. The Labute approximate surface area is 232 Å². The lowest BCUT2D eigenvalue weighted by Gasteiger charge is -2.29. The van der Waals surface area contributed by atoms with Crippen molar-refractivity contribution in [1.29, 1.82) is 0 Å². The number of nitrogens with zero attached hydrogens (tertiary/aromatic N) is 2. The van der Waals surface area contributed by atoms with E-state index in [1.807, 2.05) is 4.98 Å². The molecule has 0 amide bonds. The first-order valence-electron chi connectivity index (χ1n) is 12.4. The van der Waals surface area contributed by atoms with Crippen molar-refractivity contribution in [3.8, 4) is 0 Å². The van der Waals surface area contributed by atoms with Crippen LogP contribution in [0, 0.1) is 5.82 Å². The lowest BCUT2D eigenvalue weighted by atomic mass is 9.90. The average molecular weight is 600 g/mol. The predicted octanol–water partition coefficient (Wildman–Crippen LogP) is 2.42. The van der Waals surface area contributed by atoms with Crippen molar-refractivity contribution in [3.63, 3.8) is 0 Å². The number of fused-ring (bicyclic) bond motifs is 1. The maximum Gasteiger partial charge on any atom is 0.408 e. The molecule has 4 atom stereocenters. The van der Waals surface area contributed by atoms with E-state index in [2.05, 4.69) is 0 Å². The summed E-state index contributed by atoms with van der Waals surface area (Å²) in [5.74, 6) is -1.65. The zero-order valence-corrected chi connectivity index (χ0v) is 23.1. The third-order valence-electron chi connectivity index (χ3n) is 6.54. The molecule has 216 valence electrons. The van der Waals surface area contributed by atoms with Crippen LogP contribution >= 0.6 is 19.3 Å². The van der Waals surface area contributed by atoms with Gasteiger partial charge in [-0.1, -0.05) is 24.3 Å². The number of H-pyrrole nitrogens is 1. The number of carbonyl (C=O) groups is 2. The molecule has 1 saturated heterocycles. The predicted molar refractivity (Wildman–Crippen MR) is 141 cm³/mol. The van der Waals surface area contributed by atoms with E-state index >= 15 is 0 Å². The molecule has 0 radical (unpaired) electrons. The van der Waals surface area contributed by atoms with E-state index in [0.717, 1.165) is 10.6 Å². The first kappa shape index (κ1) is 30.2. The largest absolute Gasteiger partial charge is 0.408 e. The minimum atomic E-state index is -4.12. The number of ketones is 2. The van der Waals surface area contributed by atoms with Gasteiger partial charge in [0.1, 0.15) is 12.3 Å². The van der Waals surface area contributed by atoms with Crippen LogP contribution in [-0.2, 0) is 18.3 Å². The van der Waals surface area contributed by atoms with Gasteiger partial charge in [0.25, 0.3) is 5.56 Å². The van der Waals surface area contributed by atoms with Crippen LogP contribution in [0.2, 0.25) is 0 Å². The molecule has 1 aromatic heterocycles. The van der Waals surface area contributed by atoms with E-state index in [-0.39, 0.29) is 35.4 Å². The Bertz CT molecular complexity index is 1480. The molecule has 1 aromatic carbocycles. The van der Waals surface area contributed by atoms with E-state index in [0.29, 0.717) is 24.9 Å². The number of halogens is 2. The standard InChI is InChI=1S/C25H28ClFN3O9P/c1-29(9-5-4-8-26)40(36,37-13-15-10-19(31)16-6-2-3-7-17(16)23(15)33)38-14-21-20(32)11-22(39-21)30-12-18(27)24(34)28-25(30)35/h2-3,6-7,10,12,20-22,32H,4-5,8-9,11,13-14H2,1H3,(H,28,34,35)/t20-,21+,22+,40?/m0/s1. The fourth-order valence-corrected chi connectivity index (χ4v) is 5.98. The number of benzene rings is 1. The van der Waals surface area contributed by atoms with Crippen LogP contribution in [0.1, 0.15) is 46.2 Å². The SMILES string of the molecule is CN(CCCCCl)P(=O)(OCC1=CC(=O)c2ccccc2C1=O)OC[C@H]1O[C@@H](n2cc(F)c(=O)[nH]c2=O)C[C@@H]1O. The number of nitrogens with one attached hydrogen (secondary N) is 1. The molecule has 0 bridgehead atoms. The van der Waals surface area contributed by atoms with Crippen molar-refractivity contribution >= 4 is 30.9 Å². The van der Waals surface area contributed by atoms with Gasteiger partial charge in [0.15, 0.2) is 11.6 Å². The van der Waals surface area contributed by atoms with Crippen LogP contribution in [0.4, 0.5) is 4.39 Å². The van der Waals surface area contributed by atoms with E-state index in [4.69, 9.17) is 25.4 Å². The smallest absolute Gasteiger partial charge is 0.390 e. The van der Waals surface area contributed by atoms with E-state index in [1.165, 1.54) is 23.9 Å². The van der Waals surface area contributed by atoms with Gasteiger partial charge in [-0.2, -0.15) is 4.39 Å². The summed E-state index contributed by atoms with van der Waals surface area (Å²) in [6.07, 6.45) is -0.568. The normalized spacial score (nSPS) is 22.3. The number of alkyl halides is 1. The number of hydrogen-bond acceptors (Lipinski definition) is 9. The highest BCUT2D eigenvalue weighted by atomic mass is 35.5. The Kier molecular flexibility index (Phi) is 9.68. The number of hydrogen-bond donors (Lipinski definition) is 2. The fourth-order valence-electron chi connectivity index (χ4n) is 4.30. The van der Waals surface area contributed by atoms with Crippen LogP contribution in [0.25, 0.3) is 0 Å². The molecule has 1 aliphatic heterocycles. The average Bonchev–Trinajstić information content (AvgIpc) is 3.30. The molecule has 12 nitrogen and oxygen atoms in total. The number of allylic oxidation sites excluding steroid dienone is 1. The van der Waals surface area contributed by atoms with Crippen molar-refractivity contribution in [2.45, 2.75) is 37.7 Å². The van der Waals surface area contributed by atoms with Gasteiger partial charge in [0.05, 0.1) is 25.5 Å². The first-order chi connectivity index (χ1) is 19.0. The van der Waals surface area contributed by atoms with Crippen molar-refractivity contribution in [3.05, 3.63) is 79.9 Å². The van der Waals surface area contributed by atoms with Crippen molar-refractivity contribution in [2.75, 3.05) is 32.7 Å². The lowest BCUT2D eigenvalue weighted by molar-refractivity contribution is -0.0453. The van der Waals surface area contributed by atoms with Gasteiger partial charge in [-0.05, 0) is 26.0 Å². The topological polar surface area (TPSA) is 157 Å². The number of Topliss-reactive ketones (excluding diaryl/α,β-unsaturated/α-hetero) is 1. The number of aliphatic hydroxyl groups is 1. The zero-order valence-electron chi connectivity index (χ0n) is 21.5. The molecule has 0 spiro atoms. The summed E-state index contributed by atoms with van der Waals surface area (Å²) in [5.41, 5.74) is -1.65. The summed E-state index contributed by atoms with van der Waals surface area (Å²) < 4.78 is 46.7. The monoisotopic (exact) mass is 599 g/mol. The molecule has 15 heteroatoms. The molecule has 2 heterocycles. The highest BCUT2D eigenvalue weighted by Gasteiger charge is 2.40. The number of carbonyl (C=O) groups excluding carboxylic acids is 2. The van der Waals surface area contributed by atoms with Crippen molar-refractivity contribution in [2.24, 2.45) is 0 Å². The van der Waals surface area contributed by atoms with Crippen molar-refractivity contribution < 1.29 is 37.4 Å². The van der Waals surface area contributed by atoms with Gasteiger partial charge in [-0.25, -0.2) is 14.0 Å². The van der Waals surface area contributed by atoms with Gasteiger partial charge in [0, 0.05) is 35.5 Å². The fraction of sp³-hybridized carbons (Fsp3) is 0.440. The highest BCUT2D eigenvalue weighted by Crippen LogP contribution is 2.52. The van der Waals surface area contributed by atoms with Crippen LogP contribution in [0.15, 0.2) is 51.7 Å². The third-order valence-corrected chi connectivity index (χ3v) is 8.78. The summed E-state index contributed by atoms with van der Waals surface area (Å²) in [6, 6.07) is 6.33. The molecule has 0 saturated carbocycles. The zero-order chi connectivity index (χ0) is 29.0. The molecule has 2 N–H and O–H groups in total. The maximum absolute atomic E-state index is 13.9. The Morgan fingerprint density at radius 1 is 1.20 bits per heavy atom. The molecular formula is C25H28ClFN3O9P. The second-order valence-electron chi connectivity index (χ2n) is 9.30. The molecule has 2 aromatic rings. The van der Waals surface area contributed by atoms with Gasteiger partial charge in [-0.15, -0.1) is 11.6 Å². The molecule has 1 aliphatic carbocycles. The van der Waals surface area contributed by atoms with Gasteiger partial charge < -0.3 is 9.84 Å². The molecular weight excluding hydrogens is 572 g/mol. The Morgan fingerprint density at radius 2 is 1.93 bits per heavy atom. The Morgan fingerprint density at radius 3 is 2.65 bits per heavy atom. The van der Waals surface area contributed by atoms with Crippen LogP contribution in [0.5, 0.6) is 0 Å². The maximum atomic E-state index is 13.9. The molecule has 2 aliphatic rings. The number of unbranched alkanes of at least 4 members (excludes halogenated alkanes) is 1. The summed E-state index contributed by atoms with van der Waals surface area (Å²) in [4.78, 5) is 50.7. The summed E-state index contributed by atoms with van der Waals surface area (Å²) in [5, 5.41) is 10.5. The van der Waals surface area contributed by atoms with Gasteiger partial charge >= 0.3 is 13.4 Å². The minimum absolute atomic E-state index is 0.00151. The summed E-state index contributed by atoms with van der Waals surface area (Å²) in [7, 11) is -2.63. The van der Waals surface area contributed by atoms with Crippen LogP contribution in [0.3, 0.4) is 0 Å². The van der Waals surface area contributed by atoms with Crippen molar-refractivity contribution in [1.82, 2.24) is 14.2 Å². The lowest BCUT2D eigenvalue weighted by Crippen LogP contribution is -2.34. The quantitative estimate of drug-likeness (QED) is 0.211. The second kappa shape index (κ2) is 12.8. The Balaban J connectivity index is 1.47. The minimum Gasteiger partial charge on any atom is -0.390 e. The first-order valence-corrected chi connectivity index (χ1v) is 14.5. The summed E-state index contributed by atoms with van der Waals surface area (Å²) in [6.45, 7) is -0.690. The van der Waals surface area contributed by atoms with Gasteiger partial charge in [0.2, 0.25) is 5.82 Å². The van der Waals surface area contributed by atoms with Gasteiger partial charge in [-0.3, -0.25) is 33.0 Å². The number of aliphatic hydroxyl groups excluding tert-OH is 1. The molecule has 1 fully saturated rings. The third kappa shape index (κ3) is 6.58. The number of aromatic amines is 1. The highest BCUT2D eigenvalue weighted by molar-refractivity contribution is 7.51. The van der Waals surface area contributed by atoms with E-state index < -0.39 is 62.2 Å². The number of aromatic nitrogens is 2. The molecule has 40 heavy (non-hydrogen) atoms. The van der Waals surface area contributed by atoms with E-state index in [1.54, 1.807) is 12.1 Å².